The van der Waals surface area contributed by atoms with Crippen molar-refractivity contribution in [3.8, 4) is 0 Å². The number of thioether (sulfide) groups is 1. The van der Waals surface area contributed by atoms with Gasteiger partial charge >= 0.3 is 0 Å². The lowest BCUT2D eigenvalue weighted by molar-refractivity contribution is 0.612. The van der Waals surface area contributed by atoms with E-state index in [2.05, 4.69) is 34.4 Å². The van der Waals surface area contributed by atoms with Crippen LogP contribution >= 0.6 is 11.8 Å². The molecule has 1 aromatic carbocycles. The zero-order valence-corrected chi connectivity index (χ0v) is 12.5. The van der Waals surface area contributed by atoms with Crippen LogP contribution in [0.2, 0.25) is 0 Å². The molecule has 0 bridgehead atoms. The van der Waals surface area contributed by atoms with Crippen LogP contribution in [0.25, 0.3) is 11.0 Å². The van der Waals surface area contributed by atoms with Crippen molar-refractivity contribution in [1.29, 1.82) is 0 Å². The molecule has 0 N–H and O–H groups in total. The van der Waals surface area contributed by atoms with Crippen LogP contribution in [-0.2, 0) is 13.6 Å². The Kier molecular flexibility index (Phi) is 3.43. The molecular weight excluding hydrogens is 272 g/mol. The van der Waals surface area contributed by atoms with Crippen LogP contribution in [0.3, 0.4) is 0 Å². The van der Waals surface area contributed by atoms with Gasteiger partial charge in [0, 0.05) is 12.3 Å². The van der Waals surface area contributed by atoms with Crippen molar-refractivity contribution in [3.05, 3.63) is 30.1 Å². The van der Waals surface area contributed by atoms with Gasteiger partial charge in [-0.1, -0.05) is 43.0 Å². The fraction of sp³-hybridized carbons (Fsp3) is 0.385. The van der Waals surface area contributed by atoms with E-state index >= 15 is 0 Å². The Labute approximate surface area is 121 Å². The first-order valence-corrected chi connectivity index (χ1v) is 7.36. The fourth-order valence-corrected chi connectivity index (χ4v) is 2.74. The van der Waals surface area contributed by atoms with Gasteiger partial charge in [-0.3, -0.25) is 0 Å². The largest absolute Gasteiger partial charge is 0.308 e. The van der Waals surface area contributed by atoms with E-state index in [9.17, 15) is 0 Å². The lowest BCUT2D eigenvalue weighted by Gasteiger charge is -2.05. The molecule has 0 amide bonds. The van der Waals surface area contributed by atoms with Crippen LogP contribution in [0, 0.1) is 0 Å². The normalized spacial score (nSPS) is 11.6. The van der Waals surface area contributed by atoms with E-state index in [0.717, 1.165) is 22.0 Å². The van der Waals surface area contributed by atoms with E-state index in [1.165, 1.54) is 0 Å². The Morgan fingerprint density at radius 2 is 1.95 bits per heavy atom. The van der Waals surface area contributed by atoms with E-state index in [1.807, 2.05) is 40.6 Å². The second-order valence-corrected chi connectivity index (χ2v) is 6.40. The summed E-state index contributed by atoms with van der Waals surface area (Å²) in [5.74, 6) is 0.879. The smallest absolute Gasteiger partial charge is 0.191 e. The van der Waals surface area contributed by atoms with Gasteiger partial charge in [0.1, 0.15) is 12.1 Å². The van der Waals surface area contributed by atoms with Crippen molar-refractivity contribution in [3.63, 3.8) is 0 Å². The Morgan fingerprint density at radius 3 is 2.75 bits per heavy atom. The second kappa shape index (κ2) is 5.24. The number of hydrogen-bond donors (Lipinski definition) is 0. The van der Waals surface area contributed by atoms with Crippen molar-refractivity contribution in [2.75, 3.05) is 0 Å². The molecule has 0 aliphatic carbocycles. The number of hydrogen-bond acceptors (Lipinski definition) is 5. The summed E-state index contributed by atoms with van der Waals surface area (Å²) in [4.78, 5) is 0. The predicted octanol–water partition coefficient (Wildman–Crippen LogP) is 2.11. The number of para-hydroxylation sites is 1. The molecule has 0 aliphatic heterocycles. The van der Waals surface area contributed by atoms with Gasteiger partial charge in [-0.15, -0.1) is 15.3 Å². The molecule has 0 aliphatic rings. The van der Waals surface area contributed by atoms with Gasteiger partial charge in [0.25, 0.3) is 0 Å². The molecular formula is C13H16N6S. The van der Waals surface area contributed by atoms with Gasteiger partial charge in [-0.25, -0.2) is 4.68 Å². The maximum absolute atomic E-state index is 4.25. The number of nitrogens with zero attached hydrogens (tertiary/aromatic N) is 6. The molecule has 2 aromatic heterocycles. The van der Waals surface area contributed by atoms with Gasteiger partial charge in [0.05, 0.1) is 5.52 Å². The Morgan fingerprint density at radius 1 is 1.15 bits per heavy atom. The summed E-state index contributed by atoms with van der Waals surface area (Å²) >= 11 is 1.71. The van der Waals surface area contributed by atoms with Crippen molar-refractivity contribution in [1.82, 2.24) is 29.8 Å². The maximum Gasteiger partial charge on any atom is 0.191 e. The second-order valence-electron chi connectivity index (χ2n) is 4.86. The van der Waals surface area contributed by atoms with Crippen molar-refractivity contribution < 1.29 is 0 Å². The minimum absolute atomic E-state index is 0.484. The lowest BCUT2D eigenvalue weighted by Crippen LogP contribution is -2.08. The Balaban J connectivity index is 1.90. The number of fused-ring (bicyclic) bond motifs is 1. The van der Waals surface area contributed by atoms with Crippen LogP contribution in [0.1, 0.15) is 19.7 Å². The standard InChI is InChI=1S/C13H16N6S/c1-9(2)20-13-16-15-12(18(13)3)8-19-11-7-5-4-6-10(11)14-17-19/h4-7,9H,8H2,1-3H3. The highest BCUT2D eigenvalue weighted by Gasteiger charge is 2.13. The highest BCUT2D eigenvalue weighted by molar-refractivity contribution is 7.99. The first-order valence-electron chi connectivity index (χ1n) is 6.48. The molecule has 0 radical (unpaired) electrons. The summed E-state index contributed by atoms with van der Waals surface area (Å²) in [6.45, 7) is 4.86. The van der Waals surface area contributed by atoms with Gasteiger partial charge in [0.15, 0.2) is 11.0 Å². The monoisotopic (exact) mass is 288 g/mol. The Bertz CT molecular complexity index is 729. The highest BCUT2D eigenvalue weighted by atomic mass is 32.2. The van der Waals surface area contributed by atoms with Crippen molar-refractivity contribution >= 4 is 22.8 Å². The third-order valence-electron chi connectivity index (χ3n) is 2.98. The molecule has 7 heteroatoms. The summed E-state index contributed by atoms with van der Waals surface area (Å²) < 4.78 is 3.87. The summed E-state index contributed by atoms with van der Waals surface area (Å²) in [6.07, 6.45) is 0. The molecule has 2 heterocycles. The van der Waals surface area contributed by atoms with Crippen molar-refractivity contribution in [2.24, 2.45) is 7.05 Å². The summed E-state index contributed by atoms with van der Waals surface area (Å²) in [7, 11) is 1.99. The first-order chi connectivity index (χ1) is 9.65. The molecule has 3 rings (SSSR count). The van der Waals surface area contributed by atoms with Gasteiger partial charge < -0.3 is 4.57 Å². The third-order valence-corrected chi connectivity index (χ3v) is 4.02. The SMILES string of the molecule is CC(C)Sc1nnc(Cn2nnc3ccccc32)n1C. The zero-order chi connectivity index (χ0) is 14.1. The van der Waals surface area contributed by atoms with Crippen LogP contribution in [0.4, 0.5) is 0 Å². The van der Waals surface area contributed by atoms with Gasteiger partial charge in [-0.2, -0.15) is 0 Å². The minimum atomic E-state index is 0.484. The molecule has 0 fully saturated rings. The van der Waals surface area contributed by atoms with E-state index in [1.54, 1.807) is 11.8 Å². The highest BCUT2D eigenvalue weighted by Crippen LogP contribution is 2.21. The molecule has 0 saturated carbocycles. The average Bonchev–Trinajstić information content (AvgIpc) is 2.97. The molecule has 6 nitrogen and oxygen atoms in total. The third kappa shape index (κ3) is 2.40. The van der Waals surface area contributed by atoms with E-state index in [0.29, 0.717) is 11.8 Å². The maximum atomic E-state index is 4.25. The molecule has 0 unspecified atom stereocenters. The summed E-state index contributed by atoms with van der Waals surface area (Å²) in [6, 6.07) is 7.91. The molecule has 20 heavy (non-hydrogen) atoms. The fourth-order valence-electron chi connectivity index (χ4n) is 1.96. The quantitative estimate of drug-likeness (QED) is 0.688. The van der Waals surface area contributed by atoms with Crippen LogP contribution in [0.5, 0.6) is 0 Å². The zero-order valence-electron chi connectivity index (χ0n) is 11.7. The molecule has 0 atom stereocenters. The van der Waals surface area contributed by atoms with Crippen LogP contribution in [-0.4, -0.2) is 35.0 Å². The minimum Gasteiger partial charge on any atom is -0.308 e. The van der Waals surface area contributed by atoms with Gasteiger partial charge in [0.2, 0.25) is 0 Å². The molecule has 0 saturated heterocycles. The number of aromatic nitrogens is 6. The van der Waals surface area contributed by atoms with E-state index < -0.39 is 0 Å². The van der Waals surface area contributed by atoms with Crippen LogP contribution < -0.4 is 0 Å². The summed E-state index contributed by atoms with van der Waals surface area (Å²) in [5, 5.41) is 18.2. The Hall–Kier alpha value is -1.89. The number of rotatable bonds is 4. The topological polar surface area (TPSA) is 61.4 Å². The van der Waals surface area contributed by atoms with Crippen molar-refractivity contribution in [2.45, 2.75) is 30.8 Å². The van der Waals surface area contributed by atoms with E-state index in [4.69, 9.17) is 0 Å². The average molecular weight is 288 g/mol. The first kappa shape index (κ1) is 13.1. The predicted molar refractivity (Wildman–Crippen MR) is 78.6 cm³/mol. The van der Waals surface area contributed by atoms with Gasteiger partial charge in [-0.05, 0) is 12.1 Å². The number of benzene rings is 1. The lowest BCUT2D eigenvalue weighted by atomic mass is 10.3. The molecule has 3 aromatic rings. The molecule has 0 spiro atoms. The summed E-state index contributed by atoms with van der Waals surface area (Å²) in [5.41, 5.74) is 1.90. The molecule has 104 valence electrons. The van der Waals surface area contributed by atoms with E-state index in [-0.39, 0.29) is 0 Å². The van der Waals surface area contributed by atoms with Crippen LogP contribution in [0.15, 0.2) is 29.4 Å².